The van der Waals surface area contributed by atoms with Gasteiger partial charge in [0.1, 0.15) is 6.54 Å². The zero-order chi connectivity index (χ0) is 9.10. The minimum atomic E-state index is 0.426. The van der Waals surface area contributed by atoms with Gasteiger partial charge in [-0.05, 0) is 29.7 Å². The van der Waals surface area contributed by atoms with Crippen LogP contribution >= 0.6 is 11.9 Å². The van der Waals surface area contributed by atoms with Gasteiger partial charge in [-0.1, -0.05) is 18.2 Å². The lowest BCUT2D eigenvalue weighted by atomic mass is 10.2. The lowest BCUT2D eigenvalue weighted by Gasteiger charge is -2.20. The highest BCUT2D eigenvalue weighted by atomic mass is 32.2. The zero-order valence-electron chi connectivity index (χ0n) is 6.97. The second-order valence-corrected chi connectivity index (χ2v) is 3.77. The maximum atomic E-state index is 8.53. The van der Waals surface area contributed by atoms with Gasteiger partial charge >= 0.3 is 0 Å². The standard InChI is InChI=1S/C10H8N2S/c11-6-8-12-7-5-9-3-1-2-4-10(9)13-12/h1-5,7H,8H2. The van der Waals surface area contributed by atoms with Gasteiger partial charge in [0.2, 0.25) is 0 Å². The molecule has 2 rings (SSSR count). The highest BCUT2D eigenvalue weighted by Gasteiger charge is 2.09. The molecule has 0 aliphatic carbocycles. The van der Waals surface area contributed by atoms with Gasteiger partial charge in [-0.3, -0.25) is 0 Å². The summed E-state index contributed by atoms with van der Waals surface area (Å²) in [7, 11) is 0. The first-order chi connectivity index (χ1) is 6.40. The molecule has 3 heteroatoms. The number of nitriles is 1. The van der Waals surface area contributed by atoms with Gasteiger partial charge in [-0.2, -0.15) is 5.26 Å². The fraction of sp³-hybridized carbons (Fsp3) is 0.100. The SMILES string of the molecule is N#CCN1C=Cc2ccccc2S1. The summed E-state index contributed by atoms with van der Waals surface area (Å²) in [5.74, 6) is 0. The van der Waals surface area contributed by atoms with E-state index in [0.29, 0.717) is 6.54 Å². The van der Waals surface area contributed by atoms with Crippen molar-refractivity contribution in [2.24, 2.45) is 0 Å². The smallest absolute Gasteiger partial charge is 0.116 e. The first-order valence-corrected chi connectivity index (χ1v) is 4.76. The van der Waals surface area contributed by atoms with Crippen molar-refractivity contribution in [2.45, 2.75) is 4.90 Å². The van der Waals surface area contributed by atoms with Crippen molar-refractivity contribution >= 4 is 18.0 Å². The number of benzene rings is 1. The normalized spacial score (nSPS) is 13.6. The third-order valence-corrected chi connectivity index (χ3v) is 2.84. The first-order valence-electron chi connectivity index (χ1n) is 3.99. The van der Waals surface area contributed by atoms with Crippen LogP contribution in [0.25, 0.3) is 6.08 Å². The summed E-state index contributed by atoms with van der Waals surface area (Å²) in [6.07, 6.45) is 3.97. The predicted octanol–water partition coefficient (Wildman–Crippen LogP) is 2.50. The summed E-state index contributed by atoms with van der Waals surface area (Å²) in [6, 6.07) is 10.3. The van der Waals surface area contributed by atoms with Crippen molar-refractivity contribution in [1.82, 2.24) is 4.31 Å². The van der Waals surface area contributed by atoms with Crippen LogP contribution in [-0.2, 0) is 0 Å². The van der Waals surface area contributed by atoms with Gasteiger partial charge in [0.15, 0.2) is 0 Å². The van der Waals surface area contributed by atoms with Crippen LogP contribution in [0.5, 0.6) is 0 Å². The van der Waals surface area contributed by atoms with Crippen LogP contribution in [0.1, 0.15) is 5.56 Å². The summed E-state index contributed by atoms with van der Waals surface area (Å²) in [5.41, 5.74) is 1.22. The minimum Gasteiger partial charge on any atom is -0.305 e. The van der Waals surface area contributed by atoms with E-state index in [2.05, 4.69) is 18.2 Å². The third-order valence-electron chi connectivity index (χ3n) is 1.78. The summed E-state index contributed by atoms with van der Waals surface area (Å²) < 4.78 is 1.92. The Bertz CT molecular complexity index is 379. The van der Waals surface area contributed by atoms with E-state index in [4.69, 9.17) is 5.26 Å². The molecule has 1 aromatic rings. The molecule has 13 heavy (non-hydrogen) atoms. The molecule has 0 spiro atoms. The Labute approximate surface area is 81.6 Å². The molecule has 1 aromatic carbocycles. The molecule has 1 aliphatic rings. The fourth-order valence-electron chi connectivity index (χ4n) is 1.18. The van der Waals surface area contributed by atoms with Crippen molar-refractivity contribution in [3.8, 4) is 6.07 Å². The Kier molecular flexibility index (Phi) is 2.24. The van der Waals surface area contributed by atoms with E-state index < -0.39 is 0 Å². The summed E-state index contributed by atoms with van der Waals surface area (Å²) in [6.45, 7) is 0.426. The molecular formula is C10H8N2S. The first kappa shape index (κ1) is 8.21. The molecule has 0 radical (unpaired) electrons. The van der Waals surface area contributed by atoms with Crippen LogP contribution in [0.4, 0.5) is 0 Å². The molecule has 0 fully saturated rings. The van der Waals surface area contributed by atoms with E-state index in [9.17, 15) is 0 Å². The molecular weight excluding hydrogens is 180 g/mol. The second-order valence-electron chi connectivity index (χ2n) is 2.68. The van der Waals surface area contributed by atoms with Crippen molar-refractivity contribution in [3.63, 3.8) is 0 Å². The fourth-order valence-corrected chi connectivity index (χ4v) is 2.05. The maximum absolute atomic E-state index is 8.53. The highest BCUT2D eigenvalue weighted by Crippen LogP contribution is 2.31. The third kappa shape index (κ3) is 1.68. The summed E-state index contributed by atoms with van der Waals surface area (Å²) in [4.78, 5) is 1.21. The molecule has 64 valence electrons. The van der Waals surface area contributed by atoms with Gasteiger partial charge in [0.05, 0.1) is 6.07 Å². The topological polar surface area (TPSA) is 27.0 Å². The lowest BCUT2D eigenvalue weighted by molar-refractivity contribution is 0.705. The average molecular weight is 188 g/mol. The van der Waals surface area contributed by atoms with Crippen molar-refractivity contribution in [1.29, 1.82) is 5.26 Å². The molecule has 0 unspecified atom stereocenters. The molecule has 1 aliphatic heterocycles. The average Bonchev–Trinajstić information content (AvgIpc) is 2.18. The Morgan fingerprint density at radius 1 is 1.38 bits per heavy atom. The van der Waals surface area contributed by atoms with Gasteiger partial charge in [0, 0.05) is 11.1 Å². The second kappa shape index (κ2) is 3.55. The van der Waals surface area contributed by atoms with Crippen molar-refractivity contribution in [2.75, 3.05) is 6.54 Å². The molecule has 0 aromatic heterocycles. The molecule has 0 N–H and O–H groups in total. The van der Waals surface area contributed by atoms with E-state index in [-0.39, 0.29) is 0 Å². The van der Waals surface area contributed by atoms with E-state index in [1.165, 1.54) is 10.5 Å². The molecule has 2 nitrogen and oxygen atoms in total. The summed E-state index contributed by atoms with van der Waals surface area (Å²) >= 11 is 1.61. The molecule has 0 saturated carbocycles. The minimum absolute atomic E-state index is 0.426. The van der Waals surface area contributed by atoms with E-state index in [1.807, 2.05) is 28.7 Å². The van der Waals surface area contributed by atoms with Crippen molar-refractivity contribution in [3.05, 3.63) is 36.0 Å². The van der Waals surface area contributed by atoms with Crippen LogP contribution < -0.4 is 0 Å². The van der Waals surface area contributed by atoms with E-state index >= 15 is 0 Å². The number of hydrogen-bond donors (Lipinski definition) is 0. The van der Waals surface area contributed by atoms with Crippen LogP contribution in [-0.4, -0.2) is 10.8 Å². The highest BCUT2D eigenvalue weighted by molar-refractivity contribution is 7.97. The van der Waals surface area contributed by atoms with Crippen molar-refractivity contribution < 1.29 is 0 Å². The van der Waals surface area contributed by atoms with Gasteiger partial charge in [-0.25, -0.2) is 0 Å². The molecule has 0 bridgehead atoms. The van der Waals surface area contributed by atoms with Gasteiger partial charge < -0.3 is 4.31 Å². The van der Waals surface area contributed by atoms with Crippen LogP contribution in [0.15, 0.2) is 35.4 Å². The van der Waals surface area contributed by atoms with Crippen LogP contribution in [0.3, 0.4) is 0 Å². The number of hydrogen-bond acceptors (Lipinski definition) is 3. The van der Waals surface area contributed by atoms with E-state index in [1.54, 1.807) is 11.9 Å². The number of nitrogens with zero attached hydrogens (tertiary/aromatic N) is 2. The quantitative estimate of drug-likeness (QED) is 0.500. The van der Waals surface area contributed by atoms with Gasteiger partial charge in [-0.15, -0.1) is 0 Å². The van der Waals surface area contributed by atoms with E-state index in [0.717, 1.165) is 0 Å². The van der Waals surface area contributed by atoms with Crippen LogP contribution in [0, 0.1) is 11.3 Å². The largest absolute Gasteiger partial charge is 0.305 e. The van der Waals surface area contributed by atoms with Gasteiger partial charge in [0.25, 0.3) is 0 Å². The summed E-state index contributed by atoms with van der Waals surface area (Å²) in [5, 5.41) is 8.53. The Morgan fingerprint density at radius 2 is 2.23 bits per heavy atom. The molecule has 0 amide bonds. The molecule has 1 heterocycles. The Balaban J connectivity index is 2.25. The molecule has 0 saturated heterocycles. The number of rotatable bonds is 1. The van der Waals surface area contributed by atoms with Crippen LogP contribution in [0.2, 0.25) is 0 Å². The zero-order valence-corrected chi connectivity index (χ0v) is 7.79. The Hall–Kier alpha value is -1.40. The number of fused-ring (bicyclic) bond motifs is 1. The predicted molar refractivity (Wildman–Crippen MR) is 53.7 cm³/mol. The molecule has 0 atom stereocenters. The Morgan fingerprint density at radius 3 is 3.08 bits per heavy atom. The lowest BCUT2D eigenvalue weighted by Crippen LogP contribution is -2.10. The maximum Gasteiger partial charge on any atom is 0.116 e. The monoisotopic (exact) mass is 188 g/mol.